The van der Waals surface area contributed by atoms with Crippen molar-refractivity contribution in [3.05, 3.63) is 34.1 Å². The maximum absolute atomic E-state index is 13.5. The van der Waals surface area contributed by atoms with Gasteiger partial charge in [0.1, 0.15) is 0 Å². The highest BCUT2D eigenvalue weighted by atomic mass is 127. The van der Waals surface area contributed by atoms with Gasteiger partial charge in [0.05, 0.1) is 16.1 Å². The Bertz CT molecular complexity index is 445. The van der Waals surface area contributed by atoms with Crippen LogP contribution in [0.4, 0.5) is 17.6 Å². The van der Waals surface area contributed by atoms with E-state index in [2.05, 4.69) is 0 Å². The Kier molecular flexibility index (Phi) is 4.77. The molecule has 0 radical (unpaired) electrons. The topological polar surface area (TPSA) is 17.1 Å². The molecule has 0 spiro atoms. The number of alkyl halides is 4. The summed E-state index contributed by atoms with van der Waals surface area (Å²) in [4.78, 5) is 11.5. The van der Waals surface area contributed by atoms with Crippen LogP contribution >= 0.6 is 34.2 Å². The predicted molar refractivity (Wildman–Crippen MR) is 64.2 cm³/mol. The summed E-state index contributed by atoms with van der Waals surface area (Å²) in [6.07, 6.45) is -4.94. The summed E-state index contributed by atoms with van der Waals surface area (Å²) in [5, 5.41) is -0.491. The molecule has 7 heteroatoms. The van der Waals surface area contributed by atoms with Gasteiger partial charge in [-0.25, -0.2) is 4.39 Å². The molecule has 17 heavy (non-hydrogen) atoms. The molecule has 1 nitrogen and oxygen atoms in total. The van der Waals surface area contributed by atoms with Crippen LogP contribution in [0.1, 0.15) is 22.3 Å². The van der Waals surface area contributed by atoms with E-state index in [1.807, 2.05) is 22.6 Å². The summed E-state index contributed by atoms with van der Waals surface area (Å²) >= 11 is 7.21. The van der Waals surface area contributed by atoms with Crippen LogP contribution in [0.3, 0.4) is 0 Å². The van der Waals surface area contributed by atoms with E-state index in [0.717, 1.165) is 6.07 Å². The Balaban J connectivity index is 3.42. The molecule has 0 saturated carbocycles. The fraction of sp³-hybridized carbons (Fsp3) is 0.300. The van der Waals surface area contributed by atoms with E-state index in [1.165, 1.54) is 0 Å². The smallest absolute Gasteiger partial charge is 0.294 e. The average molecular weight is 381 g/mol. The fourth-order valence-electron chi connectivity index (χ4n) is 1.27. The fourth-order valence-corrected chi connectivity index (χ4v) is 1.92. The van der Waals surface area contributed by atoms with Crippen molar-refractivity contribution in [2.75, 3.05) is 4.43 Å². The number of rotatable bonds is 3. The lowest BCUT2D eigenvalue weighted by atomic mass is 10.0. The first-order valence-electron chi connectivity index (χ1n) is 4.43. The van der Waals surface area contributed by atoms with Crippen LogP contribution in [0.15, 0.2) is 12.1 Å². The molecule has 0 N–H and O–H groups in total. The Morgan fingerprint density at radius 3 is 2.41 bits per heavy atom. The molecule has 1 aromatic carbocycles. The molecular weight excluding hydrogens is 374 g/mol. The van der Waals surface area contributed by atoms with Gasteiger partial charge in [-0.05, 0) is 12.1 Å². The molecule has 0 bridgehead atoms. The Morgan fingerprint density at radius 1 is 1.35 bits per heavy atom. The number of carbonyl (C=O) groups is 1. The minimum atomic E-state index is -4.78. The summed E-state index contributed by atoms with van der Waals surface area (Å²) < 4.78 is 51.6. The van der Waals surface area contributed by atoms with Crippen molar-refractivity contribution in [3.63, 3.8) is 0 Å². The minimum absolute atomic E-state index is 0.166. The second-order valence-corrected chi connectivity index (χ2v) is 4.63. The van der Waals surface area contributed by atoms with Crippen LogP contribution in [0, 0.1) is 5.82 Å². The zero-order chi connectivity index (χ0) is 13.2. The molecule has 0 aliphatic rings. The van der Waals surface area contributed by atoms with Crippen LogP contribution in [-0.2, 0) is 6.18 Å². The first kappa shape index (κ1) is 14.7. The van der Waals surface area contributed by atoms with Gasteiger partial charge in [-0.15, -0.1) is 0 Å². The first-order chi connectivity index (χ1) is 7.79. The lowest BCUT2D eigenvalue weighted by Gasteiger charge is -2.13. The Hall–Kier alpha value is -0.370. The quantitative estimate of drug-likeness (QED) is 0.326. The summed E-state index contributed by atoms with van der Waals surface area (Å²) in [5.74, 6) is -2.21. The first-order valence-corrected chi connectivity index (χ1v) is 6.33. The number of benzene rings is 1. The highest BCUT2D eigenvalue weighted by Gasteiger charge is 2.37. The number of Topliss-reactive ketones (excluding diaryl/α,β-unsaturated/α-hetero) is 1. The van der Waals surface area contributed by atoms with Gasteiger partial charge < -0.3 is 0 Å². The predicted octanol–water partition coefficient (Wildman–Crippen LogP) is 4.51. The van der Waals surface area contributed by atoms with Crippen molar-refractivity contribution >= 4 is 40.0 Å². The highest BCUT2D eigenvalue weighted by molar-refractivity contribution is 14.1. The molecule has 0 saturated heterocycles. The van der Waals surface area contributed by atoms with E-state index in [-0.39, 0.29) is 6.42 Å². The zero-order valence-electron chi connectivity index (χ0n) is 8.24. The third-order valence-corrected chi connectivity index (χ3v) is 2.83. The zero-order valence-corrected chi connectivity index (χ0v) is 11.2. The highest BCUT2D eigenvalue weighted by Crippen LogP contribution is 2.35. The van der Waals surface area contributed by atoms with Gasteiger partial charge in [-0.1, -0.05) is 34.2 Å². The van der Waals surface area contributed by atoms with Crippen LogP contribution in [-0.4, -0.2) is 10.2 Å². The van der Waals surface area contributed by atoms with Crippen molar-refractivity contribution in [3.8, 4) is 0 Å². The number of hydrogen-bond acceptors (Lipinski definition) is 1. The van der Waals surface area contributed by atoms with Crippen LogP contribution < -0.4 is 0 Å². The SMILES string of the molecule is O=C(CCI)c1c(C(F)(F)F)ccc(Cl)c1F. The second kappa shape index (κ2) is 5.51. The van der Waals surface area contributed by atoms with Gasteiger partial charge >= 0.3 is 6.18 Å². The summed E-state index contributed by atoms with van der Waals surface area (Å²) in [7, 11) is 0. The van der Waals surface area contributed by atoms with Gasteiger partial charge in [0.2, 0.25) is 0 Å². The largest absolute Gasteiger partial charge is 0.417 e. The van der Waals surface area contributed by atoms with Gasteiger partial charge in [0.25, 0.3) is 0 Å². The van der Waals surface area contributed by atoms with Crippen molar-refractivity contribution < 1.29 is 22.4 Å². The van der Waals surface area contributed by atoms with Gasteiger partial charge in [-0.2, -0.15) is 13.2 Å². The summed E-state index contributed by atoms with van der Waals surface area (Å²) in [6, 6.07) is 1.41. The molecule has 0 aliphatic carbocycles. The molecule has 1 aromatic rings. The molecule has 0 amide bonds. The Morgan fingerprint density at radius 2 is 1.94 bits per heavy atom. The Labute approximate surface area is 113 Å². The van der Waals surface area contributed by atoms with E-state index in [0.29, 0.717) is 10.5 Å². The van der Waals surface area contributed by atoms with E-state index in [4.69, 9.17) is 11.6 Å². The molecule has 0 aromatic heterocycles. The van der Waals surface area contributed by atoms with Crippen LogP contribution in [0.2, 0.25) is 5.02 Å². The lowest BCUT2D eigenvalue weighted by molar-refractivity contribution is -0.138. The minimum Gasteiger partial charge on any atom is -0.294 e. The third-order valence-electron chi connectivity index (χ3n) is 2.00. The summed E-state index contributed by atoms with van der Waals surface area (Å²) in [5.41, 5.74) is -2.25. The molecule has 0 unspecified atom stereocenters. The normalized spacial score (nSPS) is 11.6. The number of carbonyl (C=O) groups excluding carboxylic acids is 1. The monoisotopic (exact) mass is 380 g/mol. The van der Waals surface area contributed by atoms with Crippen molar-refractivity contribution in [1.82, 2.24) is 0 Å². The molecular formula is C10H6ClF4IO. The van der Waals surface area contributed by atoms with E-state index >= 15 is 0 Å². The molecule has 0 heterocycles. The average Bonchev–Trinajstić information content (AvgIpc) is 2.20. The maximum atomic E-state index is 13.5. The molecule has 0 atom stereocenters. The van der Waals surface area contributed by atoms with Gasteiger partial charge in [0.15, 0.2) is 11.6 Å². The maximum Gasteiger partial charge on any atom is 0.417 e. The van der Waals surface area contributed by atoms with Gasteiger partial charge in [0, 0.05) is 10.8 Å². The second-order valence-electron chi connectivity index (χ2n) is 3.14. The van der Waals surface area contributed by atoms with E-state index < -0.39 is 33.9 Å². The standard InChI is InChI=1S/C10H6ClF4IO/c11-6-2-1-5(10(13,14)15)8(9(6)12)7(17)3-4-16/h1-2H,3-4H2. The van der Waals surface area contributed by atoms with Crippen LogP contribution in [0.25, 0.3) is 0 Å². The van der Waals surface area contributed by atoms with E-state index in [9.17, 15) is 22.4 Å². The molecule has 1 rings (SSSR count). The summed E-state index contributed by atoms with van der Waals surface area (Å²) in [6.45, 7) is 0. The third kappa shape index (κ3) is 3.31. The molecule has 0 fully saturated rings. The molecule has 0 aliphatic heterocycles. The molecule has 94 valence electrons. The van der Waals surface area contributed by atoms with Crippen molar-refractivity contribution in [2.24, 2.45) is 0 Å². The number of ketones is 1. The van der Waals surface area contributed by atoms with Crippen LogP contribution in [0.5, 0.6) is 0 Å². The lowest BCUT2D eigenvalue weighted by Crippen LogP contribution is -2.15. The van der Waals surface area contributed by atoms with Crippen molar-refractivity contribution in [2.45, 2.75) is 12.6 Å². The van der Waals surface area contributed by atoms with Gasteiger partial charge in [-0.3, -0.25) is 4.79 Å². The number of hydrogen-bond donors (Lipinski definition) is 0. The van der Waals surface area contributed by atoms with Crippen molar-refractivity contribution in [1.29, 1.82) is 0 Å². The number of halogens is 6. The van der Waals surface area contributed by atoms with E-state index in [1.54, 1.807) is 0 Å².